The molecule has 1 N–H and O–H groups in total. The average Bonchev–Trinajstić information content (AvgIpc) is 2.63. The predicted molar refractivity (Wildman–Crippen MR) is 98.6 cm³/mol. The third-order valence-electron chi connectivity index (χ3n) is 4.57. The van der Waals surface area contributed by atoms with E-state index in [1.54, 1.807) is 0 Å². The Morgan fingerprint density at radius 2 is 1.77 bits per heavy atom. The van der Waals surface area contributed by atoms with E-state index in [0.717, 1.165) is 5.56 Å². The fraction of sp³-hybridized carbons (Fsp3) is 0.300. The van der Waals surface area contributed by atoms with Crippen molar-refractivity contribution in [3.05, 3.63) is 70.5 Å². The van der Waals surface area contributed by atoms with Gasteiger partial charge in [0, 0.05) is 19.1 Å². The zero-order chi connectivity index (χ0) is 18.5. The quantitative estimate of drug-likeness (QED) is 0.891. The summed E-state index contributed by atoms with van der Waals surface area (Å²) in [6.07, 6.45) is 1.65. The molecule has 2 amide bonds. The van der Waals surface area contributed by atoms with Gasteiger partial charge in [0.25, 0.3) is 5.91 Å². The van der Waals surface area contributed by atoms with Gasteiger partial charge in [0.2, 0.25) is 5.91 Å². The summed E-state index contributed by atoms with van der Waals surface area (Å²) in [4.78, 5) is 26.5. The van der Waals surface area contributed by atoms with Crippen LogP contribution in [-0.4, -0.2) is 35.8 Å². The van der Waals surface area contributed by atoms with Gasteiger partial charge in [0.05, 0.1) is 17.0 Å². The van der Waals surface area contributed by atoms with Crippen molar-refractivity contribution in [2.75, 3.05) is 13.1 Å². The number of carbonyl (C=O) groups is 2. The van der Waals surface area contributed by atoms with Crippen LogP contribution in [0, 0.1) is 5.82 Å². The smallest absolute Gasteiger partial charge is 0.255 e. The van der Waals surface area contributed by atoms with Gasteiger partial charge in [-0.05, 0) is 30.5 Å². The number of nitrogens with zero attached hydrogens (tertiary/aromatic N) is 1. The minimum absolute atomic E-state index is 0.0816. The lowest BCUT2D eigenvalue weighted by molar-refractivity contribution is -0.131. The standard InChI is InChI=1S/C20H20ClFN2O2/c21-16-7-4-8-17(22)19(16)20(26)23-15-9-11-24(12-10-15)18(25)13-14-5-2-1-3-6-14/h1-8,15H,9-13H2,(H,23,26). The monoisotopic (exact) mass is 374 g/mol. The van der Waals surface area contributed by atoms with Crippen LogP contribution < -0.4 is 5.32 Å². The van der Waals surface area contributed by atoms with E-state index in [0.29, 0.717) is 32.4 Å². The Bertz CT molecular complexity index is 769. The van der Waals surface area contributed by atoms with Gasteiger partial charge in [-0.15, -0.1) is 0 Å². The largest absolute Gasteiger partial charge is 0.349 e. The number of rotatable bonds is 4. The molecule has 0 unspecified atom stereocenters. The molecule has 4 nitrogen and oxygen atoms in total. The van der Waals surface area contributed by atoms with Gasteiger partial charge in [-0.2, -0.15) is 0 Å². The molecule has 0 radical (unpaired) electrons. The van der Waals surface area contributed by atoms with Crippen LogP contribution in [0.15, 0.2) is 48.5 Å². The number of halogens is 2. The molecule has 0 spiro atoms. The Hall–Kier alpha value is -2.40. The molecule has 2 aromatic carbocycles. The summed E-state index contributed by atoms with van der Waals surface area (Å²) < 4.78 is 13.8. The molecule has 0 saturated carbocycles. The zero-order valence-electron chi connectivity index (χ0n) is 14.3. The van der Waals surface area contributed by atoms with Crippen molar-refractivity contribution < 1.29 is 14.0 Å². The highest BCUT2D eigenvalue weighted by atomic mass is 35.5. The van der Waals surface area contributed by atoms with Crippen LogP contribution in [0.5, 0.6) is 0 Å². The SMILES string of the molecule is O=C(NC1CCN(C(=O)Cc2ccccc2)CC1)c1c(F)cccc1Cl. The zero-order valence-corrected chi connectivity index (χ0v) is 15.0. The predicted octanol–water partition coefficient (Wildman–Crippen LogP) is 3.44. The lowest BCUT2D eigenvalue weighted by atomic mass is 10.0. The highest BCUT2D eigenvalue weighted by molar-refractivity contribution is 6.33. The van der Waals surface area contributed by atoms with E-state index in [4.69, 9.17) is 11.6 Å². The van der Waals surface area contributed by atoms with Crippen molar-refractivity contribution in [1.82, 2.24) is 10.2 Å². The molecule has 0 aliphatic carbocycles. The Morgan fingerprint density at radius 3 is 2.42 bits per heavy atom. The number of hydrogen-bond acceptors (Lipinski definition) is 2. The van der Waals surface area contributed by atoms with Crippen LogP contribution in [-0.2, 0) is 11.2 Å². The Labute approximate surface area is 157 Å². The second kappa shape index (κ2) is 8.32. The van der Waals surface area contributed by atoms with Crippen LogP contribution in [0.4, 0.5) is 4.39 Å². The highest BCUT2D eigenvalue weighted by Crippen LogP contribution is 2.20. The number of likely N-dealkylation sites (tertiary alicyclic amines) is 1. The third-order valence-corrected chi connectivity index (χ3v) is 4.89. The topological polar surface area (TPSA) is 49.4 Å². The fourth-order valence-electron chi connectivity index (χ4n) is 3.13. The number of amides is 2. The summed E-state index contributed by atoms with van der Waals surface area (Å²) in [5.41, 5.74) is 0.860. The summed E-state index contributed by atoms with van der Waals surface area (Å²) in [6.45, 7) is 1.14. The Balaban J connectivity index is 1.52. The number of nitrogens with one attached hydrogen (secondary N) is 1. The molecule has 0 bridgehead atoms. The fourth-order valence-corrected chi connectivity index (χ4v) is 3.38. The van der Waals surface area contributed by atoms with E-state index in [-0.39, 0.29) is 22.5 Å². The molecule has 1 aliphatic heterocycles. The summed E-state index contributed by atoms with van der Waals surface area (Å²) in [6, 6.07) is 13.7. The number of benzene rings is 2. The van der Waals surface area contributed by atoms with Crippen LogP contribution in [0.2, 0.25) is 5.02 Å². The second-order valence-corrected chi connectivity index (χ2v) is 6.79. The van der Waals surface area contributed by atoms with Crippen LogP contribution in [0.1, 0.15) is 28.8 Å². The summed E-state index contributed by atoms with van der Waals surface area (Å²) in [7, 11) is 0. The van der Waals surface area contributed by atoms with Gasteiger partial charge >= 0.3 is 0 Å². The molecule has 26 heavy (non-hydrogen) atoms. The molecule has 6 heteroatoms. The second-order valence-electron chi connectivity index (χ2n) is 6.39. The molecule has 3 rings (SSSR count). The normalized spacial score (nSPS) is 14.9. The maximum atomic E-state index is 13.8. The lowest BCUT2D eigenvalue weighted by Crippen LogP contribution is -2.47. The molecule has 1 aliphatic rings. The van der Waals surface area contributed by atoms with Gasteiger partial charge in [-0.1, -0.05) is 48.0 Å². The number of carbonyl (C=O) groups excluding carboxylic acids is 2. The van der Waals surface area contributed by atoms with Crippen molar-refractivity contribution in [2.24, 2.45) is 0 Å². The molecule has 0 atom stereocenters. The van der Waals surface area contributed by atoms with E-state index in [9.17, 15) is 14.0 Å². The Morgan fingerprint density at radius 1 is 1.08 bits per heavy atom. The van der Waals surface area contributed by atoms with E-state index < -0.39 is 11.7 Å². The third kappa shape index (κ3) is 4.41. The van der Waals surface area contributed by atoms with Crippen molar-refractivity contribution >= 4 is 23.4 Å². The summed E-state index contributed by atoms with van der Waals surface area (Å²) >= 11 is 5.93. The van der Waals surface area contributed by atoms with Crippen molar-refractivity contribution in [3.8, 4) is 0 Å². The van der Waals surface area contributed by atoms with E-state index in [2.05, 4.69) is 5.32 Å². The van der Waals surface area contributed by atoms with Gasteiger partial charge in [-0.3, -0.25) is 9.59 Å². The first-order valence-electron chi connectivity index (χ1n) is 8.61. The first-order valence-corrected chi connectivity index (χ1v) is 8.99. The van der Waals surface area contributed by atoms with Crippen molar-refractivity contribution in [1.29, 1.82) is 0 Å². The molecule has 1 saturated heterocycles. The number of piperidine rings is 1. The van der Waals surface area contributed by atoms with Crippen LogP contribution >= 0.6 is 11.6 Å². The van der Waals surface area contributed by atoms with Crippen LogP contribution in [0.25, 0.3) is 0 Å². The van der Waals surface area contributed by atoms with Gasteiger partial charge in [0.1, 0.15) is 5.82 Å². The van der Waals surface area contributed by atoms with Gasteiger partial charge < -0.3 is 10.2 Å². The maximum absolute atomic E-state index is 13.8. The van der Waals surface area contributed by atoms with E-state index in [1.165, 1.54) is 18.2 Å². The van der Waals surface area contributed by atoms with Gasteiger partial charge in [0.15, 0.2) is 0 Å². The molecule has 2 aromatic rings. The minimum Gasteiger partial charge on any atom is -0.349 e. The first-order chi connectivity index (χ1) is 12.5. The Kier molecular flexibility index (Phi) is 5.89. The summed E-state index contributed by atoms with van der Waals surface area (Å²) in [5, 5.41) is 2.92. The maximum Gasteiger partial charge on any atom is 0.255 e. The minimum atomic E-state index is -0.634. The van der Waals surface area contributed by atoms with Gasteiger partial charge in [-0.25, -0.2) is 4.39 Å². The average molecular weight is 375 g/mol. The highest BCUT2D eigenvalue weighted by Gasteiger charge is 2.25. The molecule has 0 aromatic heterocycles. The van der Waals surface area contributed by atoms with Crippen molar-refractivity contribution in [2.45, 2.75) is 25.3 Å². The molecular weight excluding hydrogens is 355 g/mol. The molecular formula is C20H20ClFN2O2. The molecule has 136 valence electrons. The van der Waals surface area contributed by atoms with E-state index >= 15 is 0 Å². The lowest BCUT2D eigenvalue weighted by Gasteiger charge is -2.32. The first kappa shape index (κ1) is 18.4. The summed E-state index contributed by atoms with van der Waals surface area (Å²) in [5.74, 6) is -1.06. The molecule has 1 heterocycles. The number of hydrogen-bond donors (Lipinski definition) is 1. The van der Waals surface area contributed by atoms with Crippen molar-refractivity contribution in [3.63, 3.8) is 0 Å². The molecule has 1 fully saturated rings. The van der Waals surface area contributed by atoms with E-state index in [1.807, 2.05) is 35.2 Å². The van der Waals surface area contributed by atoms with Crippen LogP contribution in [0.3, 0.4) is 0 Å².